The molecule has 1 unspecified atom stereocenters. The molecule has 86 valence electrons. The van der Waals surface area contributed by atoms with Crippen molar-refractivity contribution in [2.24, 2.45) is 0 Å². The first-order chi connectivity index (χ1) is 7.57. The molecule has 3 nitrogen and oxygen atoms in total. The molecular weight excluding hydrogens is 202 g/mol. The number of anilines is 1. The Labute approximate surface area is 95.5 Å². The summed E-state index contributed by atoms with van der Waals surface area (Å²) in [7, 11) is 0. The van der Waals surface area contributed by atoms with Crippen LogP contribution in [0.3, 0.4) is 0 Å². The van der Waals surface area contributed by atoms with E-state index in [1.807, 2.05) is 19.1 Å². The molecule has 0 fully saturated rings. The smallest absolute Gasteiger partial charge is 0.329 e. The van der Waals surface area contributed by atoms with Gasteiger partial charge in [0.1, 0.15) is 5.54 Å². The molecule has 0 radical (unpaired) electrons. The lowest BCUT2D eigenvalue weighted by atomic mass is 9.84. The summed E-state index contributed by atoms with van der Waals surface area (Å²) >= 11 is 0. The van der Waals surface area contributed by atoms with Crippen molar-refractivity contribution in [2.45, 2.75) is 38.6 Å². The van der Waals surface area contributed by atoms with E-state index < -0.39 is 11.5 Å². The normalized spacial score (nSPS) is 23.4. The Morgan fingerprint density at radius 2 is 2.31 bits per heavy atom. The Morgan fingerprint density at radius 3 is 2.94 bits per heavy atom. The fourth-order valence-electron chi connectivity index (χ4n) is 2.30. The summed E-state index contributed by atoms with van der Waals surface area (Å²) in [5.41, 5.74) is 2.65. The van der Waals surface area contributed by atoms with Gasteiger partial charge in [0.05, 0.1) is 0 Å². The molecule has 1 atom stereocenters. The summed E-state index contributed by atoms with van der Waals surface area (Å²) in [6.07, 6.45) is 2.11. The van der Waals surface area contributed by atoms with Gasteiger partial charge in [-0.05, 0) is 37.8 Å². The summed E-state index contributed by atoms with van der Waals surface area (Å²) in [5, 5.41) is 12.5. The van der Waals surface area contributed by atoms with Crippen LogP contribution in [0.15, 0.2) is 18.2 Å². The van der Waals surface area contributed by atoms with Crippen LogP contribution in [-0.2, 0) is 11.2 Å². The van der Waals surface area contributed by atoms with Gasteiger partial charge in [-0.15, -0.1) is 0 Å². The number of benzene rings is 1. The molecule has 0 amide bonds. The Kier molecular flexibility index (Phi) is 2.62. The minimum Gasteiger partial charge on any atom is -0.480 e. The van der Waals surface area contributed by atoms with E-state index in [0.717, 1.165) is 12.1 Å². The molecule has 0 aromatic heterocycles. The first-order valence-electron chi connectivity index (χ1n) is 5.68. The molecule has 16 heavy (non-hydrogen) atoms. The van der Waals surface area contributed by atoms with Gasteiger partial charge in [-0.1, -0.05) is 24.6 Å². The maximum Gasteiger partial charge on any atom is 0.329 e. The molecule has 3 heteroatoms. The van der Waals surface area contributed by atoms with Crippen molar-refractivity contribution in [3.05, 3.63) is 29.3 Å². The quantitative estimate of drug-likeness (QED) is 0.803. The molecule has 0 spiro atoms. The van der Waals surface area contributed by atoms with Gasteiger partial charge in [0.2, 0.25) is 0 Å². The van der Waals surface area contributed by atoms with E-state index in [4.69, 9.17) is 0 Å². The van der Waals surface area contributed by atoms with Crippen LogP contribution in [0, 0.1) is 6.92 Å². The zero-order valence-electron chi connectivity index (χ0n) is 9.71. The molecule has 0 aliphatic carbocycles. The van der Waals surface area contributed by atoms with Gasteiger partial charge in [-0.25, -0.2) is 4.79 Å². The van der Waals surface area contributed by atoms with Gasteiger partial charge < -0.3 is 10.4 Å². The molecular formula is C13H17NO2. The number of rotatable bonds is 2. The van der Waals surface area contributed by atoms with Crippen LogP contribution in [0.5, 0.6) is 0 Å². The molecule has 0 bridgehead atoms. The van der Waals surface area contributed by atoms with Gasteiger partial charge >= 0.3 is 5.97 Å². The van der Waals surface area contributed by atoms with Gasteiger partial charge in [-0.3, -0.25) is 0 Å². The molecule has 0 saturated heterocycles. The highest BCUT2D eigenvalue weighted by Gasteiger charge is 2.39. The minimum atomic E-state index is -0.776. The first kappa shape index (κ1) is 11.0. The lowest BCUT2D eigenvalue weighted by molar-refractivity contribution is -0.142. The van der Waals surface area contributed by atoms with E-state index in [1.54, 1.807) is 0 Å². The number of fused-ring (bicyclic) bond motifs is 1. The van der Waals surface area contributed by atoms with E-state index in [2.05, 4.69) is 18.3 Å². The zero-order chi connectivity index (χ0) is 11.8. The van der Waals surface area contributed by atoms with Crippen LogP contribution in [0.25, 0.3) is 0 Å². The Morgan fingerprint density at radius 1 is 1.56 bits per heavy atom. The van der Waals surface area contributed by atoms with E-state index >= 15 is 0 Å². The number of carboxylic acids is 1. The molecule has 2 rings (SSSR count). The number of carboxylic acid groups (broad SMARTS) is 1. The second kappa shape index (κ2) is 3.81. The highest BCUT2D eigenvalue weighted by Crippen LogP contribution is 2.33. The van der Waals surface area contributed by atoms with E-state index in [0.29, 0.717) is 12.8 Å². The molecule has 1 aromatic rings. The number of hydrogen-bond acceptors (Lipinski definition) is 2. The van der Waals surface area contributed by atoms with Crippen LogP contribution in [0.1, 0.15) is 30.9 Å². The van der Waals surface area contributed by atoms with Crippen molar-refractivity contribution in [1.82, 2.24) is 0 Å². The fraction of sp³-hybridized carbons (Fsp3) is 0.462. The van der Waals surface area contributed by atoms with Crippen molar-refractivity contribution in [1.29, 1.82) is 0 Å². The van der Waals surface area contributed by atoms with Crippen molar-refractivity contribution in [3.8, 4) is 0 Å². The van der Waals surface area contributed by atoms with Crippen LogP contribution in [-0.4, -0.2) is 16.6 Å². The van der Waals surface area contributed by atoms with Gasteiger partial charge in [-0.2, -0.15) is 0 Å². The highest BCUT2D eigenvalue weighted by atomic mass is 16.4. The average Bonchev–Trinajstić information content (AvgIpc) is 2.28. The molecule has 1 aliphatic rings. The lowest BCUT2D eigenvalue weighted by Crippen LogP contribution is -2.48. The molecule has 0 saturated carbocycles. The fourth-order valence-corrected chi connectivity index (χ4v) is 2.30. The average molecular weight is 219 g/mol. The number of aliphatic carboxylic acids is 1. The van der Waals surface area contributed by atoms with Crippen molar-refractivity contribution in [2.75, 3.05) is 5.32 Å². The van der Waals surface area contributed by atoms with Gasteiger partial charge in [0.15, 0.2) is 0 Å². The minimum absolute atomic E-state index is 0.607. The summed E-state index contributed by atoms with van der Waals surface area (Å²) in [4.78, 5) is 11.3. The number of aryl methyl sites for hydroxylation is 2. The summed E-state index contributed by atoms with van der Waals surface area (Å²) in [6, 6.07) is 6.13. The molecule has 1 aromatic carbocycles. The molecule has 1 aliphatic heterocycles. The second-order valence-corrected chi connectivity index (χ2v) is 4.53. The van der Waals surface area contributed by atoms with Crippen molar-refractivity contribution >= 4 is 11.7 Å². The third-order valence-electron chi connectivity index (χ3n) is 3.47. The van der Waals surface area contributed by atoms with Crippen molar-refractivity contribution in [3.63, 3.8) is 0 Å². The predicted octanol–water partition coefficient (Wildman–Crippen LogP) is 2.59. The maximum atomic E-state index is 11.3. The topological polar surface area (TPSA) is 49.3 Å². The third kappa shape index (κ3) is 1.66. The Bertz CT molecular complexity index is 428. The Balaban J connectivity index is 2.36. The third-order valence-corrected chi connectivity index (χ3v) is 3.47. The van der Waals surface area contributed by atoms with Crippen LogP contribution in [0.4, 0.5) is 5.69 Å². The predicted molar refractivity (Wildman–Crippen MR) is 63.8 cm³/mol. The largest absolute Gasteiger partial charge is 0.480 e. The SMILES string of the molecule is CCC1(C(=O)O)CCc2cc(C)ccc2N1. The molecule has 1 heterocycles. The lowest BCUT2D eigenvalue weighted by Gasteiger charge is -2.35. The maximum absolute atomic E-state index is 11.3. The van der Waals surface area contributed by atoms with Gasteiger partial charge in [0.25, 0.3) is 0 Å². The van der Waals surface area contributed by atoms with Crippen LogP contribution >= 0.6 is 0 Å². The zero-order valence-corrected chi connectivity index (χ0v) is 9.71. The van der Waals surface area contributed by atoms with E-state index in [1.165, 1.54) is 11.1 Å². The monoisotopic (exact) mass is 219 g/mol. The number of hydrogen-bond donors (Lipinski definition) is 2. The van der Waals surface area contributed by atoms with Crippen LogP contribution < -0.4 is 5.32 Å². The van der Waals surface area contributed by atoms with Crippen LogP contribution in [0.2, 0.25) is 0 Å². The molecule has 2 N–H and O–H groups in total. The first-order valence-corrected chi connectivity index (χ1v) is 5.68. The second-order valence-electron chi connectivity index (χ2n) is 4.53. The van der Waals surface area contributed by atoms with E-state index in [9.17, 15) is 9.90 Å². The number of nitrogens with one attached hydrogen (secondary N) is 1. The highest BCUT2D eigenvalue weighted by molar-refractivity contribution is 5.84. The summed E-state index contributed by atoms with van der Waals surface area (Å²) in [6.45, 7) is 3.97. The summed E-state index contributed by atoms with van der Waals surface area (Å²) in [5.74, 6) is -0.749. The number of carbonyl (C=O) groups is 1. The van der Waals surface area contributed by atoms with Gasteiger partial charge in [0, 0.05) is 5.69 Å². The summed E-state index contributed by atoms with van der Waals surface area (Å²) < 4.78 is 0. The van der Waals surface area contributed by atoms with E-state index in [-0.39, 0.29) is 0 Å². The van der Waals surface area contributed by atoms with Crippen molar-refractivity contribution < 1.29 is 9.90 Å². The standard InChI is InChI=1S/C13H17NO2/c1-3-13(12(15)16)7-6-10-8-9(2)4-5-11(10)14-13/h4-5,8,14H,3,6-7H2,1-2H3,(H,15,16). The Hall–Kier alpha value is -1.51.